The number of carbonyl (C=O) groups excluding carboxylic acids is 1. The molecule has 1 amide bonds. The van der Waals surface area contributed by atoms with Crippen molar-refractivity contribution >= 4 is 5.91 Å². The quantitative estimate of drug-likeness (QED) is 0.148. The molecular weight excluding hydrogens is 1260 g/mol. The molecule has 14 nitrogen and oxygen atoms in total. The van der Waals surface area contributed by atoms with Crippen LogP contribution >= 0.6 is 0 Å². The van der Waals surface area contributed by atoms with Crippen molar-refractivity contribution in [3.05, 3.63) is 82.4 Å². The molecule has 12 atom stereocenters. The lowest BCUT2D eigenvalue weighted by Gasteiger charge is -2.53. The topological polar surface area (TPSA) is 82.8 Å². The Bertz CT molecular complexity index is 2710. The molecule has 0 aromatic heterocycles. The summed E-state index contributed by atoms with van der Waals surface area (Å²) in [5.74, 6) is -1.74. The average molecular weight is 1390 g/mol. The van der Waals surface area contributed by atoms with Gasteiger partial charge in [-0.2, -0.15) is 13.2 Å². The monoisotopic (exact) mass is 1390 g/mol. The van der Waals surface area contributed by atoms with Gasteiger partial charge in [0.1, 0.15) is 17.2 Å². The zero-order valence-electron chi connectivity index (χ0n) is 63.5. The Morgan fingerprint density at radius 2 is 1.39 bits per heavy atom. The lowest BCUT2D eigenvalue weighted by atomic mass is 9.74. The van der Waals surface area contributed by atoms with E-state index in [2.05, 4.69) is 173 Å². The Balaban J connectivity index is 1.03. The predicted molar refractivity (Wildman–Crippen MR) is 396 cm³/mol. The maximum absolute atomic E-state index is 15.3. The van der Waals surface area contributed by atoms with Crippen molar-refractivity contribution < 1.29 is 31.5 Å². The van der Waals surface area contributed by atoms with Gasteiger partial charge in [-0.25, -0.2) is 8.78 Å². The first-order valence-corrected chi connectivity index (χ1v) is 39.6. The van der Waals surface area contributed by atoms with Gasteiger partial charge in [0.15, 0.2) is 0 Å². The Labute approximate surface area is 596 Å². The fourth-order valence-electron chi connectivity index (χ4n) is 18.6. The van der Waals surface area contributed by atoms with Crippen LogP contribution in [0.3, 0.4) is 0 Å². The summed E-state index contributed by atoms with van der Waals surface area (Å²) < 4.78 is 78.7. The summed E-state index contributed by atoms with van der Waals surface area (Å²) in [6.45, 7) is 27.0. The number of ether oxygens (including phenoxy) is 1. The number of hydrogen-bond acceptors (Lipinski definition) is 13. The van der Waals surface area contributed by atoms with E-state index in [-0.39, 0.29) is 47.8 Å². The summed E-state index contributed by atoms with van der Waals surface area (Å²) >= 11 is 0. The largest absolute Gasteiger partial charge is 0.422 e. The van der Waals surface area contributed by atoms with Crippen LogP contribution in [-0.4, -0.2) is 281 Å². The van der Waals surface area contributed by atoms with Gasteiger partial charge in [0.2, 0.25) is 5.91 Å². The summed E-state index contributed by atoms with van der Waals surface area (Å²) in [4.78, 5) is 41.3. The lowest BCUT2D eigenvalue weighted by Crippen LogP contribution is -2.63. The van der Waals surface area contributed by atoms with Crippen LogP contribution in [-0.2, 0) is 28.5 Å². The van der Waals surface area contributed by atoms with Gasteiger partial charge in [-0.3, -0.25) is 29.3 Å². The molecule has 2 saturated carbocycles. The minimum Gasteiger partial charge on any atom is -0.377 e. The minimum absolute atomic E-state index is 0.0228. The number of piperidine rings is 1. The molecule has 2 bridgehead atoms. The summed E-state index contributed by atoms with van der Waals surface area (Å²) in [6.07, 6.45) is 22.5. The predicted octanol–water partition coefficient (Wildman–Crippen LogP) is 11.8. The van der Waals surface area contributed by atoms with Crippen molar-refractivity contribution in [3.8, 4) is 0 Å². The molecule has 562 valence electrons. The fourth-order valence-corrected chi connectivity index (χ4v) is 18.6. The number of halogens is 5. The number of hydrogen-bond donors (Lipinski definition) is 2. The number of fused-ring (bicyclic) bond motifs is 4. The molecule has 0 radical (unpaired) electrons. The van der Waals surface area contributed by atoms with E-state index in [1.54, 1.807) is 0 Å². The smallest absolute Gasteiger partial charge is 0.377 e. The molecule has 6 fully saturated rings. The van der Waals surface area contributed by atoms with E-state index in [4.69, 9.17) is 4.74 Å². The van der Waals surface area contributed by atoms with Crippen molar-refractivity contribution in [3.63, 3.8) is 0 Å². The molecule has 5 heterocycles. The minimum atomic E-state index is -5.13. The number of carbonyl (C=O) groups is 1. The van der Waals surface area contributed by atoms with Gasteiger partial charge >= 0.3 is 6.18 Å². The molecule has 9 rings (SSSR count). The Hall–Kier alpha value is -3.18. The van der Waals surface area contributed by atoms with Crippen LogP contribution in [0.15, 0.2) is 48.6 Å². The van der Waals surface area contributed by atoms with Crippen LogP contribution in [0.25, 0.3) is 0 Å². The summed E-state index contributed by atoms with van der Waals surface area (Å²) in [7, 11) is 13.9. The molecule has 1 spiro atoms. The normalized spacial score (nSPS) is 31.6. The molecule has 2 N–H and O–H groups in total. The van der Waals surface area contributed by atoms with Crippen LogP contribution in [0.1, 0.15) is 178 Å². The van der Waals surface area contributed by atoms with Crippen molar-refractivity contribution in [1.82, 2.24) is 59.6 Å². The number of amides is 1. The highest BCUT2D eigenvalue weighted by atomic mass is 19.4. The molecule has 1 unspecified atom stereocenters. The lowest BCUT2D eigenvalue weighted by molar-refractivity contribution is -0.142. The summed E-state index contributed by atoms with van der Waals surface area (Å²) in [6, 6.07) is 12.8. The molecule has 7 aliphatic rings. The second kappa shape index (κ2) is 38.7. The maximum atomic E-state index is 15.3. The van der Waals surface area contributed by atoms with E-state index in [1.807, 2.05) is 0 Å². The first-order valence-electron chi connectivity index (χ1n) is 39.6. The van der Waals surface area contributed by atoms with E-state index in [0.29, 0.717) is 74.1 Å². The zero-order chi connectivity index (χ0) is 70.8. The number of rotatable bonds is 13. The van der Waals surface area contributed by atoms with Crippen molar-refractivity contribution in [2.45, 2.75) is 248 Å². The average Bonchev–Trinajstić information content (AvgIpc) is 1.62. The van der Waals surface area contributed by atoms with Crippen LogP contribution in [0.2, 0.25) is 0 Å². The van der Waals surface area contributed by atoms with E-state index >= 15 is 13.6 Å². The Morgan fingerprint density at radius 3 is 2.07 bits per heavy atom. The van der Waals surface area contributed by atoms with Gasteiger partial charge < -0.3 is 39.9 Å². The van der Waals surface area contributed by atoms with E-state index in [9.17, 15) is 13.2 Å². The van der Waals surface area contributed by atoms with Gasteiger partial charge in [0.25, 0.3) is 0 Å². The van der Waals surface area contributed by atoms with Gasteiger partial charge in [-0.15, -0.1) is 0 Å². The third-order valence-electron chi connectivity index (χ3n) is 25.3. The first kappa shape index (κ1) is 79.9. The molecule has 4 saturated heterocycles. The number of benzene rings is 2. The van der Waals surface area contributed by atoms with Crippen molar-refractivity contribution in [2.75, 3.05) is 160 Å². The van der Waals surface area contributed by atoms with Gasteiger partial charge in [0.05, 0.1) is 12.1 Å². The first-order chi connectivity index (χ1) is 47.5. The number of nitrogens with one attached hydrogen (secondary N) is 2. The zero-order valence-corrected chi connectivity index (χ0v) is 63.5. The van der Waals surface area contributed by atoms with Crippen LogP contribution in [0.4, 0.5) is 22.0 Å². The van der Waals surface area contributed by atoms with Crippen molar-refractivity contribution in [2.24, 2.45) is 11.8 Å². The number of likely N-dealkylation sites (N-methyl/N-ethyl adjacent to an activating group) is 6. The van der Waals surface area contributed by atoms with Gasteiger partial charge in [0, 0.05) is 165 Å². The molecule has 2 aliphatic carbocycles. The highest BCUT2D eigenvalue weighted by molar-refractivity contribution is 5.82. The maximum Gasteiger partial charge on any atom is 0.422 e. The third-order valence-corrected chi connectivity index (χ3v) is 25.3. The Morgan fingerprint density at radius 1 is 0.657 bits per heavy atom. The van der Waals surface area contributed by atoms with Gasteiger partial charge in [-0.05, 0) is 213 Å². The highest BCUT2D eigenvalue weighted by Crippen LogP contribution is 2.41. The number of nitrogens with zero attached hydrogens (tertiary/aromatic N) is 10. The number of likely N-dealkylation sites (tertiary alicyclic amines) is 1. The van der Waals surface area contributed by atoms with Crippen LogP contribution < -0.4 is 10.6 Å². The van der Waals surface area contributed by atoms with E-state index in [1.165, 1.54) is 62.5 Å². The van der Waals surface area contributed by atoms with E-state index < -0.39 is 23.4 Å². The standard InChI is InChI=1S/C80H135F5N12O2/c1-12-25-66-50-87-74(61(5)13-2)57-96-43-23-29-68(96)53-90(8)67-28-17-15-20-42-95(55-67)69(46-62-32-30-60(4)31-33-62)52-88(6)45-39-86-65(35-34-63-47-72(81)77(73(82)48-63)80(83,84)85)51-97-56-71(99-14-3)49-70(97)54-93(11)79(37-24-38-79)59-92(10)76(64-26-18-19-27-64)58-91(9)75(36-44-89(66)7)78(98)94-40-21-16-22-41-94/h15,17,30-33,47-48,61,64-71,74-76,86-87H,12-14,16,18-29,34-46,49-59H2,1-11H3/b17-15-/t61-,65-,66-,67-,68-,69-,70-,71+,74+,75-,76+/m0/s1. The molecule has 2 aromatic rings. The number of alkyl halides is 3. The molecule has 19 heteroatoms. The highest BCUT2D eigenvalue weighted by Gasteiger charge is 2.47. The molecule has 2 aromatic carbocycles. The SMILES string of the molecule is CCC[C@H]1CN[C@@H]([C@@H](C)CC)CN2CCC[C@H]2CN(C)[C@H]2C/C=C\CCN(C2)[C@@H](Cc2ccc(C)cc2)CN(C)CCN[C@@H](CCc2cc(F)c(C(F)(F)F)c(F)c2)CN2C[C@H](OCC)C[C@H]2CN(C)C2(CCC2)CN(C)[C@@H](C2CCCC2)CN(C)[C@H](C(=O)N2CCCCC2)CCN1C. The summed E-state index contributed by atoms with van der Waals surface area (Å²) in [5.41, 5.74) is 0.959. The number of aryl methyl sites for hydroxylation is 2. The second-order valence-electron chi connectivity index (χ2n) is 32.5. The van der Waals surface area contributed by atoms with Gasteiger partial charge in [-0.1, -0.05) is 88.4 Å². The molecule has 99 heavy (non-hydrogen) atoms. The Kier molecular flexibility index (Phi) is 31.3. The van der Waals surface area contributed by atoms with E-state index in [0.717, 1.165) is 187 Å². The summed E-state index contributed by atoms with van der Waals surface area (Å²) in [5, 5.41) is 8.21. The van der Waals surface area contributed by atoms with Crippen LogP contribution in [0.5, 0.6) is 0 Å². The molecular formula is C80H135F5N12O2. The third kappa shape index (κ3) is 22.7. The van der Waals surface area contributed by atoms with Crippen LogP contribution in [0, 0.1) is 30.4 Å². The fraction of sp³-hybridized carbons (Fsp3) is 0.812. The van der Waals surface area contributed by atoms with Crippen molar-refractivity contribution in [1.29, 1.82) is 0 Å². The second-order valence-corrected chi connectivity index (χ2v) is 32.5. The molecule has 5 aliphatic heterocycles.